The fraction of sp³-hybridized carbons (Fsp3) is 0.350. The predicted octanol–water partition coefficient (Wildman–Crippen LogP) is 3.18. The number of nitrogens with one attached hydrogen (secondary N) is 1. The predicted molar refractivity (Wildman–Crippen MR) is 94.3 cm³/mol. The average Bonchev–Trinajstić information content (AvgIpc) is 2.90. The van der Waals surface area contributed by atoms with E-state index in [1.54, 1.807) is 7.11 Å². The van der Waals surface area contributed by atoms with E-state index in [1.165, 1.54) is 5.56 Å². The lowest BCUT2D eigenvalue weighted by molar-refractivity contribution is -0.122. The van der Waals surface area contributed by atoms with E-state index < -0.39 is 5.41 Å². The molecular weight excluding hydrogens is 300 g/mol. The van der Waals surface area contributed by atoms with Gasteiger partial charge in [-0.3, -0.25) is 9.69 Å². The number of anilines is 1. The van der Waals surface area contributed by atoms with Crippen LogP contribution in [0.2, 0.25) is 0 Å². The second kappa shape index (κ2) is 5.95. The van der Waals surface area contributed by atoms with E-state index in [-0.39, 0.29) is 5.91 Å². The highest BCUT2D eigenvalue weighted by Crippen LogP contribution is 2.49. The first kappa shape index (κ1) is 15.2. The number of benzene rings is 2. The third-order valence-electron chi connectivity index (χ3n) is 5.37. The summed E-state index contributed by atoms with van der Waals surface area (Å²) in [7, 11) is 1.68. The van der Waals surface area contributed by atoms with E-state index in [2.05, 4.69) is 34.5 Å². The molecule has 0 bridgehead atoms. The van der Waals surface area contributed by atoms with E-state index in [0.29, 0.717) is 0 Å². The van der Waals surface area contributed by atoms with E-state index in [9.17, 15) is 4.79 Å². The summed E-state index contributed by atoms with van der Waals surface area (Å²) < 4.78 is 5.55. The largest absolute Gasteiger partial charge is 0.496 e. The molecule has 0 saturated carbocycles. The third-order valence-corrected chi connectivity index (χ3v) is 5.37. The number of piperidine rings is 1. The van der Waals surface area contributed by atoms with Gasteiger partial charge in [-0.15, -0.1) is 0 Å². The van der Waals surface area contributed by atoms with Crippen LogP contribution in [0.15, 0.2) is 48.5 Å². The first-order valence-electron chi connectivity index (χ1n) is 8.48. The third kappa shape index (κ3) is 2.38. The Morgan fingerprint density at radius 3 is 2.54 bits per heavy atom. The van der Waals surface area contributed by atoms with E-state index in [0.717, 1.165) is 49.5 Å². The Labute approximate surface area is 142 Å². The Kier molecular flexibility index (Phi) is 3.77. The van der Waals surface area contributed by atoms with E-state index in [4.69, 9.17) is 4.74 Å². The van der Waals surface area contributed by atoms with Gasteiger partial charge in [0, 0.05) is 17.8 Å². The molecule has 0 radical (unpaired) electrons. The molecule has 4 heteroatoms. The molecule has 0 aliphatic carbocycles. The van der Waals surface area contributed by atoms with Gasteiger partial charge in [-0.1, -0.05) is 36.4 Å². The van der Waals surface area contributed by atoms with Gasteiger partial charge in [-0.25, -0.2) is 0 Å². The van der Waals surface area contributed by atoms with Crippen LogP contribution in [0.4, 0.5) is 5.69 Å². The summed E-state index contributed by atoms with van der Waals surface area (Å²) in [6, 6.07) is 16.4. The molecule has 1 spiro atoms. The van der Waals surface area contributed by atoms with Crippen molar-refractivity contribution in [3.05, 3.63) is 59.7 Å². The highest BCUT2D eigenvalue weighted by atomic mass is 16.5. The number of rotatable bonds is 3. The number of carbonyl (C=O) groups excluding carboxylic acids is 1. The quantitative estimate of drug-likeness (QED) is 0.943. The SMILES string of the molecule is COc1cccc2c1C1(CCN(Cc3ccccc3)CC1)C(=O)N2. The average molecular weight is 322 g/mol. The molecule has 24 heavy (non-hydrogen) atoms. The van der Waals surface area contributed by atoms with Crippen molar-refractivity contribution in [1.82, 2.24) is 4.90 Å². The van der Waals surface area contributed by atoms with Crippen LogP contribution in [-0.4, -0.2) is 31.0 Å². The monoisotopic (exact) mass is 322 g/mol. The molecule has 1 N–H and O–H groups in total. The summed E-state index contributed by atoms with van der Waals surface area (Å²) >= 11 is 0. The summed E-state index contributed by atoms with van der Waals surface area (Å²) in [4.78, 5) is 15.2. The maximum Gasteiger partial charge on any atom is 0.235 e. The van der Waals surface area contributed by atoms with Gasteiger partial charge in [0.1, 0.15) is 5.75 Å². The van der Waals surface area contributed by atoms with Crippen molar-refractivity contribution in [3.8, 4) is 5.75 Å². The molecule has 2 aromatic carbocycles. The maximum atomic E-state index is 12.8. The molecule has 124 valence electrons. The first-order chi connectivity index (χ1) is 11.7. The minimum absolute atomic E-state index is 0.126. The van der Waals surface area contributed by atoms with Gasteiger partial charge in [-0.05, 0) is 43.6 Å². The molecule has 0 aromatic heterocycles. The number of amides is 1. The first-order valence-corrected chi connectivity index (χ1v) is 8.48. The lowest BCUT2D eigenvalue weighted by Gasteiger charge is -2.38. The van der Waals surface area contributed by atoms with Gasteiger partial charge >= 0.3 is 0 Å². The van der Waals surface area contributed by atoms with Crippen molar-refractivity contribution in [1.29, 1.82) is 0 Å². The lowest BCUT2D eigenvalue weighted by Crippen LogP contribution is -2.46. The molecule has 1 fully saturated rings. The fourth-order valence-electron chi connectivity index (χ4n) is 4.07. The van der Waals surface area contributed by atoms with Crippen LogP contribution in [0.25, 0.3) is 0 Å². The summed E-state index contributed by atoms with van der Waals surface area (Å²) in [6.07, 6.45) is 1.66. The van der Waals surface area contributed by atoms with Gasteiger partial charge in [0.15, 0.2) is 0 Å². The number of hydrogen-bond donors (Lipinski definition) is 1. The number of likely N-dealkylation sites (tertiary alicyclic amines) is 1. The minimum atomic E-state index is -0.435. The summed E-state index contributed by atoms with van der Waals surface area (Å²) in [5.74, 6) is 0.948. The number of nitrogens with zero attached hydrogens (tertiary/aromatic N) is 1. The molecule has 2 aliphatic rings. The molecule has 1 saturated heterocycles. The molecule has 4 rings (SSSR count). The number of carbonyl (C=O) groups is 1. The van der Waals surface area contributed by atoms with Gasteiger partial charge in [0.05, 0.1) is 12.5 Å². The minimum Gasteiger partial charge on any atom is -0.496 e. The van der Waals surface area contributed by atoms with Gasteiger partial charge in [-0.2, -0.15) is 0 Å². The van der Waals surface area contributed by atoms with Crippen molar-refractivity contribution < 1.29 is 9.53 Å². The highest BCUT2D eigenvalue weighted by Gasteiger charge is 2.50. The van der Waals surface area contributed by atoms with Crippen LogP contribution < -0.4 is 10.1 Å². The standard InChI is InChI=1S/C20H22N2O2/c1-24-17-9-5-8-16-18(17)20(19(23)21-16)10-12-22(13-11-20)14-15-6-3-2-4-7-15/h2-9H,10-14H2,1H3,(H,21,23). The zero-order valence-electron chi connectivity index (χ0n) is 13.9. The molecule has 0 atom stereocenters. The van der Waals surface area contributed by atoms with E-state index in [1.807, 2.05) is 24.3 Å². The zero-order valence-corrected chi connectivity index (χ0v) is 13.9. The van der Waals surface area contributed by atoms with Crippen LogP contribution in [0.3, 0.4) is 0 Å². The molecule has 2 aliphatic heterocycles. The fourth-order valence-corrected chi connectivity index (χ4v) is 4.07. The molecular formula is C20H22N2O2. The van der Waals surface area contributed by atoms with Crippen LogP contribution in [0.1, 0.15) is 24.0 Å². The van der Waals surface area contributed by atoms with Gasteiger partial charge < -0.3 is 10.1 Å². The molecule has 2 aromatic rings. The number of hydrogen-bond acceptors (Lipinski definition) is 3. The Morgan fingerprint density at radius 2 is 1.83 bits per heavy atom. The smallest absolute Gasteiger partial charge is 0.235 e. The molecule has 1 amide bonds. The Morgan fingerprint density at radius 1 is 1.08 bits per heavy atom. The second-order valence-electron chi connectivity index (χ2n) is 6.68. The number of fused-ring (bicyclic) bond motifs is 2. The topological polar surface area (TPSA) is 41.6 Å². The van der Waals surface area contributed by atoms with Crippen LogP contribution in [-0.2, 0) is 16.8 Å². The van der Waals surface area contributed by atoms with Crippen molar-refractivity contribution in [2.24, 2.45) is 0 Å². The summed E-state index contributed by atoms with van der Waals surface area (Å²) in [5, 5.41) is 3.06. The Balaban J connectivity index is 1.56. The van der Waals surface area contributed by atoms with Crippen molar-refractivity contribution in [2.75, 3.05) is 25.5 Å². The van der Waals surface area contributed by atoms with Gasteiger partial charge in [0.25, 0.3) is 0 Å². The van der Waals surface area contributed by atoms with Gasteiger partial charge in [0.2, 0.25) is 5.91 Å². The highest BCUT2D eigenvalue weighted by molar-refractivity contribution is 6.07. The summed E-state index contributed by atoms with van der Waals surface area (Å²) in [6.45, 7) is 2.77. The maximum absolute atomic E-state index is 12.8. The van der Waals surface area contributed by atoms with Crippen molar-refractivity contribution >= 4 is 11.6 Å². The Hall–Kier alpha value is -2.33. The number of methoxy groups -OCH3 is 1. The normalized spacial score (nSPS) is 19.1. The molecule has 2 heterocycles. The van der Waals surface area contributed by atoms with Crippen molar-refractivity contribution in [3.63, 3.8) is 0 Å². The molecule has 4 nitrogen and oxygen atoms in total. The van der Waals surface area contributed by atoms with E-state index >= 15 is 0 Å². The number of ether oxygens (including phenoxy) is 1. The van der Waals surface area contributed by atoms with Crippen molar-refractivity contribution in [2.45, 2.75) is 24.8 Å². The molecule has 0 unspecified atom stereocenters. The second-order valence-corrected chi connectivity index (χ2v) is 6.68. The summed E-state index contributed by atoms with van der Waals surface area (Å²) in [5.41, 5.74) is 2.85. The lowest BCUT2D eigenvalue weighted by atomic mass is 9.73. The Bertz CT molecular complexity index is 749. The zero-order chi connectivity index (χ0) is 16.6. The van der Waals surface area contributed by atoms with Crippen LogP contribution in [0.5, 0.6) is 5.75 Å². The van der Waals surface area contributed by atoms with Crippen LogP contribution >= 0.6 is 0 Å². The van der Waals surface area contributed by atoms with Crippen LogP contribution in [0, 0.1) is 0 Å².